The Labute approximate surface area is 131 Å². The number of allylic oxidation sites excluding steroid dienone is 3. The van der Waals surface area contributed by atoms with E-state index in [4.69, 9.17) is 0 Å². The number of nitrogens with zero attached hydrogens (tertiary/aromatic N) is 1. The molecule has 1 aromatic rings. The number of pyridine rings is 1. The zero-order valence-corrected chi connectivity index (χ0v) is 12.7. The topological polar surface area (TPSA) is 54.0 Å². The first kappa shape index (κ1) is 15.0. The van der Waals surface area contributed by atoms with E-state index in [1.54, 1.807) is 0 Å². The van der Waals surface area contributed by atoms with Crippen LogP contribution in [-0.2, 0) is 11.2 Å². The van der Waals surface area contributed by atoms with Crippen LogP contribution in [0.5, 0.6) is 0 Å². The van der Waals surface area contributed by atoms with Crippen LogP contribution in [0.3, 0.4) is 0 Å². The van der Waals surface area contributed by atoms with Crippen LogP contribution < -0.4 is 10.6 Å². The summed E-state index contributed by atoms with van der Waals surface area (Å²) in [6, 6.07) is 5.99. The minimum Gasteiger partial charge on any atom is -0.351 e. The van der Waals surface area contributed by atoms with Crippen molar-refractivity contribution in [2.24, 2.45) is 5.92 Å². The van der Waals surface area contributed by atoms with Gasteiger partial charge in [-0.3, -0.25) is 9.78 Å². The average molecular weight is 297 g/mol. The van der Waals surface area contributed by atoms with Crippen LogP contribution in [0.4, 0.5) is 0 Å². The van der Waals surface area contributed by atoms with E-state index in [2.05, 4.69) is 39.9 Å². The van der Waals surface area contributed by atoms with Crippen molar-refractivity contribution >= 4 is 5.91 Å². The number of carbonyl (C=O) groups excluding carboxylic acids is 1. The van der Waals surface area contributed by atoms with Crippen molar-refractivity contribution in [1.82, 2.24) is 15.6 Å². The van der Waals surface area contributed by atoms with E-state index < -0.39 is 0 Å². The molecule has 0 saturated carbocycles. The molecule has 0 aromatic carbocycles. The van der Waals surface area contributed by atoms with E-state index in [-0.39, 0.29) is 18.0 Å². The summed E-state index contributed by atoms with van der Waals surface area (Å²) < 4.78 is 0. The normalized spacial score (nSPS) is 25.1. The number of nitrogens with one attached hydrogen (secondary N) is 2. The lowest BCUT2D eigenvalue weighted by molar-refractivity contribution is -0.123. The van der Waals surface area contributed by atoms with Crippen molar-refractivity contribution in [3.63, 3.8) is 0 Å². The molecule has 0 spiro atoms. The Balaban J connectivity index is 1.69. The summed E-state index contributed by atoms with van der Waals surface area (Å²) in [5, 5.41) is 6.52. The van der Waals surface area contributed by atoms with E-state index in [0.717, 1.165) is 37.9 Å². The number of rotatable bonds is 5. The molecule has 22 heavy (non-hydrogen) atoms. The number of hydrogen-bond acceptors (Lipinski definition) is 3. The predicted octanol–water partition coefficient (Wildman–Crippen LogP) is 1.99. The average Bonchev–Trinajstić information content (AvgIpc) is 3.11. The van der Waals surface area contributed by atoms with Gasteiger partial charge in [-0.25, -0.2) is 0 Å². The summed E-state index contributed by atoms with van der Waals surface area (Å²) >= 11 is 0. The van der Waals surface area contributed by atoms with Gasteiger partial charge in [-0.05, 0) is 37.9 Å². The third-order valence-electron chi connectivity index (χ3n) is 4.39. The van der Waals surface area contributed by atoms with Gasteiger partial charge in [-0.2, -0.15) is 0 Å². The Morgan fingerprint density at radius 2 is 2.36 bits per heavy atom. The van der Waals surface area contributed by atoms with Crippen molar-refractivity contribution in [2.75, 3.05) is 6.54 Å². The van der Waals surface area contributed by atoms with Gasteiger partial charge in [0.1, 0.15) is 0 Å². The molecule has 1 amide bonds. The number of hydrogen-bond donors (Lipinski definition) is 2. The second-order valence-electron chi connectivity index (χ2n) is 6.00. The van der Waals surface area contributed by atoms with Crippen molar-refractivity contribution in [3.05, 3.63) is 54.4 Å². The fraction of sp³-hybridized carbons (Fsp3) is 0.444. The monoisotopic (exact) mass is 297 g/mol. The Morgan fingerprint density at radius 1 is 1.41 bits per heavy atom. The number of carbonyl (C=O) groups is 1. The highest BCUT2D eigenvalue weighted by atomic mass is 16.2. The van der Waals surface area contributed by atoms with Gasteiger partial charge in [0.15, 0.2) is 0 Å². The molecular weight excluding hydrogens is 274 g/mol. The molecule has 0 bridgehead atoms. The van der Waals surface area contributed by atoms with Crippen molar-refractivity contribution in [1.29, 1.82) is 0 Å². The lowest BCUT2D eigenvalue weighted by Gasteiger charge is -2.27. The van der Waals surface area contributed by atoms with Crippen molar-refractivity contribution < 1.29 is 4.79 Å². The van der Waals surface area contributed by atoms with Crippen LogP contribution in [0.1, 0.15) is 25.0 Å². The molecule has 1 aliphatic heterocycles. The summed E-state index contributed by atoms with van der Waals surface area (Å²) in [7, 11) is 0. The van der Waals surface area contributed by atoms with Crippen LogP contribution in [0.25, 0.3) is 0 Å². The second kappa shape index (κ2) is 7.36. The standard InChI is InChI=1S/C18H23N3O/c22-18(16-10-6-12-20-16)21-17(14-7-2-1-3-8-14)13-15-9-4-5-11-19-15/h1-5,7,9,11,14,16-17,20H,6,8,10,12-13H2,(H,21,22)/t14?,16-,17-/m0/s1. The second-order valence-corrected chi connectivity index (χ2v) is 6.00. The lowest BCUT2D eigenvalue weighted by atomic mass is 9.89. The van der Waals surface area contributed by atoms with E-state index in [9.17, 15) is 4.79 Å². The molecule has 2 heterocycles. The fourth-order valence-electron chi connectivity index (χ4n) is 3.14. The van der Waals surface area contributed by atoms with Gasteiger partial charge >= 0.3 is 0 Å². The lowest BCUT2D eigenvalue weighted by Crippen LogP contribution is -2.48. The minimum atomic E-state index is -0.0330. The first-order chi connectivity index (χ1) is 10.8. The van der Waals surface area contributed by atoms with E-state index in [0.29, 0.717) is 5.92 Å². The molecule has 3 atom stereocenters. The Bertz CT molecular complexity index is 547. The highest BCUT2D eigenvalue weighted by molar-refractivity contribution is 5.82. The molecule has 4 heteroatoms. The summed E-state index contributed by atoms with van der Waals surface area (Å²) in [4.78, 5) is 16.9. The molecule has 1 saturated heterocycles. The third kappa shape index (κ3) is 3.83. The van der Waals surface area contributed by atoms with Gasteiger partial charge in [0.05, 0.1) is 6.04 Å². The van der Waals surface area contributed by atoms with Gasteiger partial charge in [0.25, 0.3) is 0 Å². The summed E-state index contributed by atoms with van der Waals surface area (Å²) in [5.74, 6) is 0.457. The zero-order chi connectivity index (χ0) is 15.2. The first-order valence-electron chi connectivity index (χ1n) is 8.10. The van der Waals surface area contributed by atoms with Crippen molar-refractivity contribution in [3.8, 4) is 0 Å². The van der Waals surface area contributed by atoms with Crippen LogP contribution in [0.15, 0.2) is 48.7 Å². The molecule has 1 aliphatic carbocycles. The van der Waals surface area contributed by atoms with Gasteiger partial charge < -0.3 is 10.6 Å². The Hall–Kier alpha value is -1.94. The highest BCUT2D eigenvalue weighted by Crippen LogP contribution is 2.19. The smallest absolute Gasteiger partial charge is 0.237 e. The zero-order valence-electron chi connectivity index (χ0n) is 12.7. The molecular formula is C18H23N3O. The molecule has 0 radical (unpaired) electrons. The minimum absolute atomic E-state index is 0.0330. The van der Waals surface area contributed by atoms with Gasteiger partial charge in [0.2, 0.25) is 5.91 Å². The Morgan fingerprint density at radius 3 is 3.05 bits per heavy atom. The van der Waals surface area contributed by atoms with E-state index in [1.807, 2.05) is 24.4 Å². The van der Waals surface area contributed by atoms with Gasteiger partial charge in [-0.1, -0.05) is 30.4 Å². The molecule has 1 aromatic heterocycles. The highest BCUT2D eigenvalue weighted by Gasteiger charge is 2.27. The van der Waals surface area contributed by atoms with Crippen molar-refractivity contribution in [2.45, 2.75) is 37.8 Å². The molecule has 3 rings (SSSR count). The molecule has 2 N–H and O–H groups in total. The predicted molar refractivity (Wildman–Crippen MR) is 87.3 cm³/mol. The third-order valence-corrected chi connectivity index (χ3v) is 4.39. The quantitative estimate of drug-likeness (QED) is 0.874. The van der Waals surface area contributed by atoms with Crippen LogP contribution in [0, 0.1) is 5.92 Å². The van der Waals surface area contributed by atoms with Crippen LogP contribution in [0.2, 0.25) is 0 Å². The van der Waals surface area contributed by atoms with Crippen LogP contribution >= 0.6 is 0 Å². The summed E-state index contributed by atoms with van der Waals surface area (Å²) in [6.45, 7) is 0.940. The van der Waals surface area contributed by atoms with E-state index >= 15 is 0 Å². The molecule has 1 fully saturated rings. The molecule has 4 nitrogen and oxygen atoms in total. The summed E-state index contributed by atoms with van der Waals surface area (Å²) in [6.07, 6.45) is 14.0. The number of aromatic nitrogens is 1. The summed E-state index contributed by atoms with van der Waals surface area (Å²) in [5.41, 5.74) is 1.02. The SMILES string of the molecule is O=C(N[C@@H](Cc1ccccn1)C1C=CC=CC1)[C@@H]1CCCN1. The largest absolute Gasteiger partial charge is 0.351 e. The van der Waals surface area contributed by atoms with Crippen LogP contribution in [-0.4, -0.2) is 29.5 Å². The first-order valence-corrected chi connectivity index (χ1v) is 8.10. The maximum Gasteiger partial charge on any atom is 0.237 e. The maximum atomic E-state index is 12.5. The Kier molecular flexibility index (Phi) is 5.01. The molecule has 2 aliphatic rings. The van der Waals surface area contributed by atoms with E-state index in [1.165, 1.54) is 0 Å². The maximum absolute atomic E-state index is 12.5. The molecule has 1 unspecified atom stereocenters. The van der Waals surface area contributed by atoms with Gasteiger partial charge in [0, 0.05) is 30.3 Å². The number of amides is 1. The molecule has 116 valence electrons. The fourth-order valence-corrected chi connectivity index (χ4v) is 3.14. The van der Waals surface area contributed by atoms with Gasteiger partial charge in [-0.15, -0.1) is 0 Å².